The molecule has 0 radical (unpaired) electrons. The van der Waals surface area contributed by atoms with Gasteiger partial charge < -0.3 is 10.8 Å². The molecule has 0 fully saturated rings. The topological polar surface area (TPSA) is 46.2 Å². The van der Waals surface area contributed by atoms with Gasteiger partial charge in [-0.1, -0.05) is 30.3 Å². The number of thiophene rings is 1. The van der Waals surface area contributed by atoms with Crippen LogP contribution in [0.5, 0.6) is 0 Å². The fourth-order valence-electron chi connectivity index (χ4n) is 2.88. The molecule has 3 aromatic rings. The summed E-state index contributed by atoms with van der Waals surface area (Å²) in [5, 5.41) is 11.9. The van der Waals surface area contributed by atoms with Crippen molar-refractivity contribution >= 4 is 27.1 Å². The molecule has 3 rings (SSSR count). The van der Waals surface area contributed by atoms with Crippen LogP contribution in [-0.4, -0.2) is 5.11 Å². The molecule has 1 aromatic heterocycles. The van der Waals surface area contributed by atoms with E-state index in [1.807, 2.05) is 25.1 Å². The van der Waals surface area contributed by atoms with E-state index >= 15 is 0 Å². The van der Waals surface area contributed by atoms with Crippen molar-refractivity contribution in [1.82, 2.24) is 0 Å². The summed E-state index contributed by atoms with van der Waals surface area (Å²) in [4.78, 5) is 1.04. The van der Waals surface area contributed by atoms with E-state index in [9.17, 15) is 5.11 Å². The van der Waals surface area contributed by atoms with Crippen molar-refractivity contribution in [2.45, 2.75) is 33.3 Å². The van der Waals surface area contributed by atoms with Crippen LogP contribution in [0.2, 0.25) is 0 Å². The molecule has 0 aliphatic carbocycles. The second-order valence-corrected chi connectivity index (χ2v) is 6.97. The molecule has 22 heavy (non-hydrogen) atoms. The molecule has 3 heteroatoms. The Morgan fingerprint density at radius 3 is 2.50 bits per heavy atom. The lowest BCUT2D eigenvalue weighted by molar-refractivity contribution is 0.182. The number of anilines is 1. The number of aryl methyl sites for hydroxylation is 2. The lowest BCUT2D eigenvalue weighted by Crippen LogP contribution is -2.05. The van der Waals surface area contributed by atoms with Crippen molar-refractivity contribution in [2.24, 2.45) is 0 Å². The number of nitrogen functional groups attached to an aromatic ring is 1. The van der Waals surface area contributed by atoms with E-state index in [0.717, 1.165) is 21.7 Å². The van der Waals surface area contributed by atoms with Crippen LogP contribution in [0.25, 0.3) is 10.1 Å². The summed E-state index contributed by atoms with van der Waals surface area (Å²) in [5.41, 5.74) is 11.5. The maximum atomic E-state index is 10.7. The summed E-state index contributed by atoms with van der Waals surface area (Å²) in [6.45, 7) is 6.18. The SMILES string of the molecule is Cc1ccc(CC(O)c2sc3ccccc3c2C)c(N)c1C. The summed E-state index contributed by atoms with van der Waals surface area (Å²) in [6.07, 6.45) is 0.0439. The summed E-state index contributed by atoms with van der Waals surface area (Å²) < 4.78 is 1.22. The van der Waals surface area contributed by atoms with E-state index in [4.69, 9.17) is 5.73 Å². The van der Waals surface area contributed by atoms with E-state index in [0.29, 0.717) is 6.42 Å². The van der Waals surface area contributed by atoms with Crippen molar-refractivity contribution in [2.75, 3.05) is 5.73 Å². The predicted octanol–water partition coefficient (Wildman–Crippen LogP) is 4.68. The fourth-order valence-corrected chi connectivity index (χ4v) is 4.08. The van der Waals surface area contributed by atoms with E-state index in [1.165, 1.54) is 21.2 Å². The number of hydrogen-bond acceptors (Lipinski definition) is 3. The molecule has 3 N–H and O–H groups in total. The van der Waals surface area contributed by atoms with Crippen molar-refractivity contribution in [3.8, 4) is 0 Å². The third kappa shape index (κ3) is 2.51. The van der Waals surface area contributed by atoms with Gasteiger partial charge in [-0.05, 0) is 54.5 Å². The minimum absolute atomic E-state index is 0.512. The summed E-state index contributed by atoms with van der Waals surface area (Å²) >= 11 is 1.67. The molecule has 0 amide bonds. The van der Waals surface area contributed by atoms with Crippen LogP contribution in [0.1, 0.15) is 33.2 Å². The van der Waals surface area contributed by atoms with Gasteiger partial charge in [0.2, 0.25) is 0 Å². The molecule has 0 spiro atoms. The van der Waals surface area contributed by atoms with Crippen molar-refractivity contribution in [3.05, 3.63) is 63.5 Å². The largest absolute Gasteiger partial charge is 0.398 e. The smallest absolute Gasteiger partial charge is 0.0926 e. The minimum atomic E-state index is -0.512. The molecule has 0 aliphatic rings. The van der Waals surface area contributed by atoms with Gasteiger partial charge in [0.05, 0.1) is 6.10 Å². The highest BCUT2D eigenvalue weighted by Crippen LogP contribution is 2.36. The Kier molecular flexibility index (Phi) is 3.94. The molecule has 0 aliphatic heterocycles. The van der Waals surface area contributed by atoms with E-state index in [-0.39, 0.29) is 0 Å². The average Bonchev–Trinajstić information content (AvgIpc) is 2.85. The quantitative estimate of drug-likeness (QED) is 0.690. The van der Waals surface area contributed by atoms with Crippen molar-refractivity contribution in [3.63, 3.8) is 0 Å². The zero-order chi connectivity index (χ0) is 15.9. The Morgan fingerprint density at radius 2 is 1.77 bits per heavy atom. The first-order valence-electron chi connectivity index (χ1n) is 7.49. The maximum Gasteiger partial charge on any atom is 0.0926 e. The van der Waals surface area contributed by atoms with Gasteiger partial charge >= 0.3 is 0 Å². The van der Waals surface area contributed by atoms with Gasteiger partial charge in [0.15, 0.2) is 0 Å². The molecule has 1 heterocycles. The molecular weight excluding hydrogens is 290 g/mol. The van der Waals surface area contributed by atoms with Gasteiger partial charge in [-0.2, -0.15) is 0 Å². The van der Waals surface area contributed by atoms with E-state index in [1.54, 1.807) is 11.3 Å². The Morgan fingerprint density at radius 1 is 1.05 bits per heavy atom. The summed E-state index contributed by atoms with van der Waals surface area (Å²) in [5.74, 6) is 0. The number of benzene rings is 2. The third-order valence-corrected chi connectivity index (χ3v) is 5.85. The second-order valence-electron chi connectivity index (χ2n) is 5.89. The van der Waals surface area contributed by atoms with Crippen LogP contribution >= 0.6 is 11.3 Å². The highest BCUT2D eigenvalue weighted by Gasteiger charge is 2.18. The number of nitrogens with two attached hydrogens (primary N) is 1. The normalized spacial score (nSPS) is 12.7. The lowest BCUT2D eigenvalue weighted by atomic mass is 9.97. The molecule has 1 atom stereocenters. The molecule has 1 unspecified atom stereocenters. The van der Waals surface area contributed by atoms with E-state index < -0.39 is 6.10 Å². The summed E-state index contributed by atoms with van der Waals surface area (Å²) in [6, 6.07) is 12.4. The monoisotopic (exact) mass is 311 g/mol. The first kappa shape index (κ1) is 15.1. The van der Waals surface area contributed by atoms with Gasteiger partial charge in [0, 0.05) is 21.7 Å². The number of aliphatic hydroxyl groups excluding tert-OH is 1. The molecule has 2 nitrogen and oxygen atoms in total. The fraction of sp³-hybridized carbons (Fsp3) is 0.263. The first-order chi connectivity index (χ1) is 10.5. The predicted molar refractivity (Wildman–Crippen MR) is 95.6 cm³/mol. The Bertz CT molecular complexity index is 835. The zero-order valence-electron chi connectivity index (χ0n) is 13.2. The zero-order valence-corrected chi connectivity index (χ0v) is 14.0. The number of aliphatic hydroxyl groups is 1. The lowest BCUT2D eigenvalue weighted by Gasteiger charge is -2.15. The highest BCUT2D eigenvalue weighted by molar-refractivity contribution is 7.19. The van der Waals surface area contributed by atoms with Gasteiger partial charge in [-0.3, -0.25) is 0 Å². The standard InChI is InChI=1S/C19H21NOS/c1-11-8-9-14(18(20)12(11)2)10-16(21)19-13(3)15-6-4-5-7-17(15)22-19/h4-9,16,21H,10,20H2,1-3H3. The molecular formula is C19H21NOS. The molecule has 0 saturated carbocycles. The van der Waals surface area contributed by atoms with Crippen molar-refractivity contribution in [1.29, 1.82) is 0 Å². The highest BCUT2D eigenvalue weighted by atomic mass is 32.1. The van der Waals surface area contributed by atoms with Crippen LogP contribution in [0.15, 0.2) is 36.4 Å². The van der Waals surface area contributed by atoms with Crippen LogP contribution in [0, 0.1) is 20.8 Å². The van der Waals surface area contributed by atoms with Gasteiger partial charge in [0.25, 0.3) is 0 Å². The second kappa shape index (κ2) is 5.75. The van der Waals surface area contributed by atoms with Gasteiger partial charge in [-0.15, -0.1) is 11.3 Å². The van der Waals surface area contributed by atoms with Crippen LogP contribution in [0.3, 0.4) is 0 Å². The molecule has 0 saturated heterocycles. The number of fused-ring (bicyclic) bond motifs is 1. The van der Waals surface area contributed by atoms with Crippen molar-refractivity contribution < 1.29 is 5.11 Å². The Labute approximate surface area is 135 Å². The molecule has 2 aromatic carbocycles. The maximum absolute atomic E-state index is 10.7. The molecule has 114 valence electrons. The number of hydrogen-bond donors (Lipinski definition) is 2. The van der Waals surface area contributed by atoms with Crippen LogP contribution in [0.4, 0.5) is 5.69 Å². The number of rotatable bonds is 3. The average molecular weight is 311 g/mol. The van der Waals surface area contributed by atoms with Gasteiger partial charge in [-0.25, -0.2) is 0 Å². The third-order valence-electron chi connectivity index (χ3n) is 4.47. The Balaban J connectivity index is 1.95. The minimum Gasteiger partial charge on any atom is -0.398 e. The first-order valence-corrected chi connectivity index (χ1v) is 8.31. The Hall–Kier alpha value is -1.84. The van der Waals surface area contributed by atoms with E-state index in [2.05, 4.69) is 32.0 Å². The molecule has 0 bridgehead atoms. The summed E-state index contributed by atoms with van der Waals surface area (Å²) in [7, 11) is 0. The van der Waals surface area contributed by atoms with Crippen LogP contribution in [-0.2, 0) is 6.42 Å². The van der Waals surface area contributed by atoms with Crippen LogP contribution < -0.4 is 5.73 Å². The van der Waals surface area contributed by atoms with Gasteiger partial charge in [0.1, 0.15) is 0 Å².